The van der Waals surface area contributed by atoms with Gasteiger partial charge in [0.25, 0.3) is 0 Å². The number of hydrogen-bond acceptors (Lipinski definition) is 4. The van der Waals surface area contributed by atoms with Crippen molar-refractivity contribution in [2.45, 2.75) is 259 Å². The van der Waals surface area contributed by atoms with Gasteiger partial charge in [-0.3, -0.25) is 9.59 Å². The maximum atomic E-state index is 13.3. The van der Waals surface area contributed by atoms with Gasteiger partial charge in [0.15, 0.2) is 0 Å². The topological polar surface area (TPSA) is 59.1 Å². The van der Waals surface area contributed by atoms with Gasteiger partial charge in [0.1, 0.15) is 13.2 Å². The second-order valence-corrected chi connectivity index (χ2v) is 17.2. The van der Waals surface area contributed by atoms with E-state index in [9.17, 15) is 9.59 Å². The highest BCUT2D eigenvalue weighted by molar-refractivity contribution is 5.77. The summed E-state index contributed by atoms with van der Waals surface area (Å²) in [5.41, 5.74) is 0. The Bertz CT molecular complexity index is 685. The molecule has 334 valence electrons. The Hall–Kier alpha value is -1.14. The smallest absolute Gasteiger partial charge is 0.248 e. The van der Waals surface area contributed by atoms with Gasteiger partial charge in [-0.25, -0.2) is 0 Å². The van der Waals surface area contributed by atoms with E-state index in [4.69, 9.17) is 9.47 Å². The number of amides is 2. The van der Waals surface area contributed by atoms with Crippen LogP contribution in [-0.4, -0.2) is 74.2 Å². The molecule has 0 aromatic rings. The number of hydrogen-bond donors (Lipinski definition) is 0. The van der Waals surface area contributed by atoms with Gasteiger partial charge >= 0.3 is 0 Å². The fourth-order valence-corrected chi connectivity index (χ4v) is 7.80. The number of unbranched alkanes of at least 4 members (excludes halogenated alkanes) is 32. The highest BCUT2D eigenvalue weighted by atomic mass is 16.5. The van der Waals surface area contributed by atoms with E-state index in [0.29, 0.717) is 13.2 Å². The minimum Gasteiger partial charge on any atom is -0.369 e. The zero-order valence-electron chi connectivity index (χ0n) is 38.6. The predicted molar refractivity (Wildman–Crippen MR) is 244 cm³/mol. The summed E-state index contributed by atoms with van der Waals surface area (Å²) in [7, 11) is 0. The molecule has 0 aliphatic heterocycles. The minimum absolute atomic E-state index is 0.105. The SMILES string of the molecule is CCCCCCCCCCCN(CCCCCCCCCCC)C(=O)COCCOCC(=O)N(CCCCCCCCCCC)CCCCCCCCCCC. The van der Waals surface area contributed by atoms with E-state index >= 15 is 0 Å². The molecular weight excluding hydrogens is 693 g/mol. The summed E-state index contributed by atoms with van der Waals surface area (Å²) in [5, 5.41) is 0. The fourth-order valence-electron chi connectivity index (χ4n) is 7.80. The number of carbonyl (C=O) groups excluding carboxylic acids is 2. The van der Waals surface area contributed by atoms with E-state index in [1.54, 1.807) is 0 Å². The molecule has 0 aromatic heterocycles. The van der Waals surface area contributed by atoms with Crippen LogP contribution < -0.4 is 0 Å². The van der Waals surface area contributed by atoms with Crippen molar-refractivity contribution >= 4 is 11.8 Å². The van der Waals surface area contributed by atoms with Crippen molar-refractivity contribution in [3.05, 3.63) is 0 Å². The van der Waals surface area contributed by atoms with E-state index in [2.05, 4.69) is 37.5 Å². The molecule has 0 rings (SSSR count). The maximum absolute atomic E-state index is 13.3. The van der Waals surface area contributed by atoms with Gasteiger partial charge in [-0.2, -0.15) is 0 Å². The normalized spacial score (nSPS) is 11.4. The van der Waals surface area contributed by atoms with Gasteiger partial charge in [0.2, 0.25) is 11.8 Å². The van der Waals surface area contributed by atoms with Crippen molar-refractivity contribution in [1.29, 1.82) is 0 Å². The van der Waals surface area contributed by atoms with Gasteiger partial charge in [0, 0.05) is 26.2 Å². The molecule has 0 aliphatic rings. The summed E-state index contributed by atoms with van der Waals surface area (Å²) in [5.74, 6) is 0.210. The maximum Gasteiger partial charge on any atom is 0.248 e. The Morgan fingerprint density at radius 2 is 0.464 bits per heavy atom. The number of rotatable bonds is 47. The quantitative estimate of drug-likeness (QED) is 0.0576. The molecule has 2 amide bonds. The van der Waals surface area contributed by atoms with Gasteiger partial charge in [0.05, 0.1) is 13.2 Å². The number of carbonyl (C=O) groups is 2. The first-order chi connectivity index (χ1) is 27.6. The van der Waals surface area contributed by atoms with Gasteiger partial charge in [-0.15, -0.1) is 0 Å². The molecule has 6 heteroatoms. The van der Waals surface area contributed by atoms with Crippen molar-refractivity contribution < 1.29 is 19.1 Å². The first-order valence-electron chi connectivity index (χ1n) is 25.3. The van der Waals surface area contributed by atoms with Crippen molar-refractivity contribution in [2.75, 3.05) is 52.6 Å². The molecule has 0 spiro atoms. The summed E-state index contributed by atoms with van der Waals surface area (Å²) in [6, 6.07) is 0. The lowest BCUT2D eigenvalue weighted by atomic mass is 10.1. The van der Waals surface area contributed by atoms with Crippen LogP contribution in [0.5, 0.6) is 0 Å². The van der Waals surface area contributed by atoms with Crippen molar-refractivity contribution in [3.8, 4) is 0 Å². The van der Waals surface area contributed by atoms with Crippen LogP contribution in [0.4, 0.5) is 0 Å². The molecule has 0 saturated carbocycles. The van der Waals surface area contributed by atoms with E-state index in [0.717, 1.165) is 51.9 Å². The van der Waals surface area contributed by atoms with Gasteiger partial charge < -0.3 is 19.3 Å². The fraction of sp³-hybridized carbons (Fsp3) is 0.960. The van der Waals surface area contributed by atoms with Crippen LogP contribution in [0.25, 0.3) is 0 Å². The Morgan fingerprint density at radius 3 is 0.661 bits per heavy atom. The van der Waals surface area contributed by atoms with Crippen LogP contribution in [0.3, 0.4) is 0 Å². The monoisotopic (exact) mass is 793 g/mol. The summed E-state index contributed by atoms with van der Waals surface area (Å²) in [6.45, 7) is 13.4. The average molecular weight is 793 g/mol. The van der Waals surface area contributed by atoms with Crippen LogP contribution in [0.2, 0.25) is 0 Å². The lowest BCUT2D eigenvalue weighted by Crippen LogP contribution is -2.37. The molecule has 0 radical (unpaired) electrons. The third-order valence-electron chi connectivity index (χ3n) is 11.7. The third-order valence-corrected chi connectivity index (χ3v) is 11.7. The van der Waals surface area contributed by atoms with E-state index in [1.165, 1.54) is 205 Å². The van der Waals surface area contributed by atoms with Crippen molar-refractivity contribution in [1.82, 2.24) is 9.80 Å². The number of nitrogens with zero attached hydrogens (tertiary/aromatic N) is 2. The molecular formula is C50H100N2O4. The van der Waals surface area contributed by atoms with Crippen molar-refractivity contribution in [3.63, 3.8) is 0 Å². The second-order valence-electron chi connectivity index (χ2n) is 17.2. The first-order valence-corrected chi connectivity index (χ1v) is 25.3. The molecule has 0 fully saturated rings. The van der Waals surface area contributed by atoms with Gasteiger partial charge in [-0.1, -0.05) is 233 Å². The lowest BCUT2D eigenvalue weighted by Gasteiger charge is -2.23. The molecule has 0 N–H and O–H groups in total. The van der Waals surface area contributed by atoms with Crippen LogP contribution in [0.1, 0.15) is 259 Å². The summed E-state index contributed by atoms with van der Waals surface area (Å²) in [6.07, 6.45) is 46.5. The third kappa shape index (κ3) is 39.7. The Balaban J connectivity index is 4.59. The highest BCUT2D eigenvalue weighted by Gasteiger charge is 2.15. The lowest BCUT2D eigenvalue weighted by molar-refractivity contribution is -0.140. The highest BCUT2D eigenvalue weighted by Crippen LogP contribution is 2.15. The number of ether oxygens (including phenoxy) is 2. The van der Waals surface area contributed by atoms with Crippen LogP contribution in [0.15, 0.2) is 0 Å². The second kappa shape index (κ2) is 46.5. The molecule has 0 saturated heterocycles. The zero-order chi connectivity index (χ0) is 40.8. The Labute approximate surface area is 351 Å². The molecule has 0 aliphatic carbocycles. The minimum atomic E-state index is 0.105. The molecule has 0 bridgehead atoms. The standard InChI is InChI=1S/C50H100N2O4/c1-5-9-13-17-21-25-29-33-37-41-51(42-38-34-30-26-22-18-14-10-6-2)49(53)47-55-45-46-56-48-50(54)52(43-39-35-31-27-23-19-15-11-7-3)44-40-36-32-28-24-20-16-12-8-4/h5-48H2,1-4H3. The van der Waals surface area contributed by atoms with Gasteiger partial charge in [-0.05, 0) is 25.7 Å². The largest absolute Gasteiger partial charge is 0.369 e. The molecule has 56 heavy (non-hydrogen) atoms. The first kappa shape index (κ1) is 54.9. The summed E-state index contributed by atoms with van der Waals surface area (Å²) < 4.78 is 11.7. The Morgan fingerprint density at radius 1 is 0.286 bits per heavy atom. The molecule has 0 unspecified atom stereocenters. The van der Waals surface area contributed by atoms with Crippen molar-refractivity contribution in [2.24, 2.45) is 0 Å². The van der Waals surface area contributed by atoms with E-state index in [1.807, 2.05) is 0 Å². The van der Waals surface area contributed by atoms with E-state index in [-0.39, 0.29) is 25.0 Å². The molecule has 0 heterocycles. The molecule has 0 aromatic carbocycles. The predicted octanol–water partition coefficient (Wildman–Crippen LogP) is 14.8. The Kier molecular flexibility index (Phi) is 45.6. The van der Waals surface area contributed by atoms with Crippen LogP contribution >= 0.6 is 0 Å². The molecule has 0 atom stereocenters. The summed E-state index contributed by atoms with van der Waals surface area (Å²) >= 11 is 0. The van der Waals surface area contributed by atoms with Crippen LogP contribution in [0, 0.1) is 0 Å². The average Bonchev–Trinajstić information content (AvgIpc) is 3.20. The summed E-state index contributed by atoms with van der Waals surface area (Å²) in [4.78, 5) is 30.6. The van der Waals surface area contributed by atoms with E-state index < -0.39 is 0 Å². The zero-order valence-corrected chi connectivity index (χ0v) is 38.6. The molecule has 6 nitrogen and oxygen atoms in total. The van der Waals surface area contributed by atoms with Crippen LogP contribution in [-0.2, 0) is 19.1 Å².